The third-order valence-electron chi connectivity index (χ3n) is 3.50. The van der Waals surface area contributed by atoms with Gasteiger partial charge in [0.1, 0.15) is 11.4 Å². The largest absolute Gasteiger partial charge is 0.487 e. The van der Waals surface area contributed by atoms with E-state index in [-0.39, 0.29) is 16.2 Å². The van der Waals surface area contributed by atoms with E-state index in [1.165, 1.54) is 0 Å². The summed E-state index contributed by atoms with van der Waals surface area (Å²) in [7, 11) is 0. The Morgan fingerprint density at radius 1 is 1.18 bits per heavy atom. The summed E-state index contributed by atoms with van der Waals surface area (Å²) in [6.45, 7) is 9.51. The molecule has 4 nitrogen and oxygen atoms in total. The standard InChI is InChI=1S/C13H17NO3/c1-7-8(2)12-10(6-13(4,5)17-12)9(3)11(7)14(15)16/h6H2,1-5H3. The molecule has 0 radical (unpaired) electrons. The summed E-state index contributed by atoms with van der Waals surface area (Å²) in [5, 5.41) is 11.1. The van der Waals surface area contributed by atoms with Crippen molar-refractivity contribution in [2.24, 2.45) is 0 Å². The van der Waals surface area contributed by atoms with Crippen LogP contribution >= 0.6 is 0 Å². The lowest BCUT2D eigenvalue weighted by Gasteiger charge is -2.17. The van der Waals surface area contributed by atoms with Gasteiger partial charge in [0.05, 0.1) is 4.92 Å². The van der Waals surface area contributed by atoms with Gasteiger partial charge in [0, 0.05) is 28.7 Å². The van der Waals surface area contributed by atoms with Gasteiger partial charge in [0.25, 0.3) is 5.69 Å². The minimum absolute atomic E-state index is 0.238. The Kier molecular flexibility index (Phi) is 2.42. The Hall–Kier alpha value is -1.58. The Morgan fingerprint density at radius 3 is 2.29 bits per heavy atom. The fraction of sp³-hybridized carbons (Fsp3) is 0.538. The first-order valence-corrected chi connectivity index (χ1v) is 5.70. The molecule has 0 saturated carbocycles. The fourth-order valence-electron chi connectivity index (χ4n) is 2.53. The van der Waals surface area contributed by atoms with Crippen molar-refractivity contribution in [1.82, 2.24) is 0 Å². The van der Waals surface area contributed by atoms with Crippen LogP contribution in [-0.2, 0) is 6.42 Å². The molecule has 0 amide bonds. The van der Waals surface area contributed by atoms with Gasteiger partial charge >= 0.3 is 0 Å². The number of ether oxygens (including phenoxy) is 1. The van der Waals surface area contributed by atoms with E-state index in [9.17, 15) is 10.1 Å². The zero-order chi connectivity index (χ0) is 13.0. The molecule has 1 aliphatic heterocycles. The summed E-state index contributed by atoms with van der Waals surface area (Å²) in [4.78, 5) is 10.8. The lowest BCUT2D eigenvalue weighted by atomic mass is 9.93. The predicted octanol–water partition coefficient (Wildman–Crippen LogP) is 3.23. The first kappa shape index (κ1) is 11.9. The highest BCUT2D eigenvalue weighted by atomic mass is 16.6. The third kappa shape index (κ3) is 1.68. The molecule has 1 aliphatic rings. The minimum atomic E-state index is -0.288. The van der Waals surface area contributed by atoms with E-state index in [2.05, 4.69) is 0 Å². The Bertz CT molecular complexity index is 518. The number of hydrogen-bond acceptors (Lipinski definition) is 3. The van der Waals surface area contributed by atoms with Crippen LogP contribution in [0.5, 0.6) is 5.75 Å². The molecule has 0 spiro atoms. The maximum Gasteiger partial charge on any atom is 0.275 e. The molecule has 0 atom stereocenters. The predicted molar refractivity (Wildman–Crippen MR) is 65.7 cm³/mol. The molecular formula is C13H17NO3. The summed E-state index contributed by atoms with van der Waals surface area (Å²) >= 11 is 0. The maximum atomic E-state index is 11.1. The SMILES string of the molecule is Cc1c(C)c([N+](=O)[O-])c(C)c2c1OC(C)(C)C2. The van der Waals surface area contributed by atoms with Crippen LogP contribution in [0.2, 0.25) is 0 Å². The molecule has 1 aromatic carbocycles. The van der Waals surface area contributed by atoms with E-state index in [0.717, 1.165) is 28.9 Å². The average Bonchev–Trinajstić information content (AvgIpc) is 2.51. The molecule has 0 unspecified atom stereocenters. The van der Waals surface area contributed by atoms with Crippen molar-refractivity contribution >= 4 is 5.69 Å². The topological polar surface area (TPSA) is 52.4 Å². The Balaban J connectivity index is 2.74. The average molecular weight is 235 g/mol. The number of hydrogen-bond donors (Lipinski definition) is 0. The van der Waals surface area contributed by atoms with Crippen LogP contribution in [0.4, 0.5) is 5.69 Å². The number of nitro groups is 1. The van der Waals surface area contributed by atoms with E-state index in [1.807, 2.05) is 27.7 Å². The molecule has 1 aromatic rings. The molecule has 92 valence electrons. The van der Waals surface area contributed by atoms with Crippen LogP contribution < -0.4 is 4.74 Å². The van der Waals surface area contributed by atoms with Crippen molar-refractivity contribution in [2.75, 3.05) is 0 Å². The molecule has 2 rings (SSSR count). The van der Waals surface area contributed by atoms with Crippen LogP contribution in [0, 0.1) is 30.9 Å². The van der Waals surface area contributed by atoms with Gasteiger partial charge in [-0.05, 0) is 34.6 Å². The molecule has 0 N–H and O–H groups in total. The lowest BCUT2D eigenvalue weighted by molar-refractivity contribution is -0.386. The van der Waals surface area contributed by atoms with Gasteiger partial charge in [-0.25, -0.2) is 0 Å². The number of nitrogens with zero attached hydrogens (tertiary/aromatic N) is 1. The van der Waals surface area contributed by atoms with Gasteiger partial charge in [0.15, 0.2) is 0 Å². The normalized spacial score (nSPS) is 16.5. The summed E-state index contributed by atoms with van der Waals surface area (Å²) in [5.41, 5.74) is 3.32. The Morgan fingerprint density at radius 2 is 1.76 bits per heavy atom. The van der Waals surface area contributed by atoms with Crippen LogP contribution in [0.3, 0.4) is 0 Å². The number of fused-ring (bicyclic) bond motifs is 1. The lowest BCUT2D eigenvalue weighted by Crippen LogP contribution is -2.24. The quantitative estimate of drug-likeness (QED) is 0.554. The first-order valence-electron chi connectivity index (χ1n) is 5.70. The molecule has 4 heteroatoms. The molecular weight excluding hydrogens is 218 g/mol. The van der Waals surface area contributed by atoms with Gasteiger partial charge in [0.2, 0.25) is 0 Å². The van der Waals surface area contributed by atoms with Gasteiger partial charge in [-0.3, -0.25) is 10.1 Å². The molecule has 0 aliphatic carbocycles. The number of nitro benzene ring substituents is 1. The van der Waals surface area contributed by atoms with E-state index in [4.69, 9.17) is 4.74 Å². The smallest absolute Gasteiger partial charge is 0.275 e. The van der Waals surface area contributed by atoms with Crippen molar-refractivity contribution in [3.63, 3.8) is 0 Å². The highest BCUT2D eigenvalue weighted by Crippen LogP contribution is 2.44. The zero-order valence-electron chi connectivity index (χ0n) is 10.9. The molecule has 1 heterocycles. The second kappa shape index (κ2) is 3.45. The van der Waals surface area contributed by atoms with Crippen molar-refractivity contribution in [1.29, 1.82) is 0 Å². The summed E-state index contributed by atoms with van der Waals surface area (Å²) in [5.74, 6) is 0.843. The summed E-state index contributed by atoms with van der Waals surface area (Å²) in [6.07, 6.45) is 0.732. The second-order valence-corrected chi connectivity index (χ2v) is 5.33. The van der Waals surface area contributed by atoms with Gasteiger partial charge in [-0.1, -0.05) is 0 Å². The van der Waals surface area contributed by atoms with Crippen LogP contribution in [0.15, 0.2) is 0 Å². The van der Waals surface area contributed by atoms with E-state index in [1.54, 1.807) is 6.92 Å². The molecule has 17 heavy (non-hydrogen) atoms. The monoisotopic (exact) mass is 235 g/mol. The highest BCUT2D eigenvalue weighted by molar-refractivity contribution is 5.63. The van der Waals surface area contributed by atoms with Crippen LogP contribution in [0.1, 0.15) is 36.1 Å². The fourth-order valence-corrected chi connectivity index (χ4v) is 2.53. The Labute approximate surface area is 101 Å². The summed E-state index contributed by atoms with van der Waals surface area (Å²) in [6, 6.07) is 0. The molecule has 0 fully saturated rings. The van der Waals surface area contributed by atoms with Crippen LogP contribution in [0.25, 0.3) is 0 Å². The molecule has 0 saturated heterocycles. The third-order valence-corrected chi connectivity index (χ3v) is 3.50. The second-order valence-electron chi connectivity index (χ2n) is 5.33. The van der Waals surface area contributed by atoms with E-state index >= 15 is 0 Å². The van der Waals surface area contributed by atoms with Crippen molar-refractivity contribution in [3.8, 4) is 5.75 Å². The number of benzene rings is 1. The van der Waals surface area contributed by atoms with Gasteiger partial charge in [-0.15, -0.1) is 0 Å². The maximum absolute atomic E-state index is 11.1. The summed E-state index contributed by atoms with van der Waals surface area (Å²) < 4.78 is 5.90. The van der Waals surface area contributed by atoms with Crippen molar-refractivity contribution < 1.29 is 9.66 Å². The van der Waals surface area contributed by atoms with E-state index < -0.39 is 0 Å². The van der Waals surface area contributed by atoms with Gasteiger partial charge in [-0.2, -0.15) is 0 Å². The number of rotatable bonds is 1. The van der Waals surface area contributed by atoms with Gasteiger partial charge < -0.3 is 4.74 Å². The van der Waals surface area contributed by atoms with Crippen molar-refractivity contribution in [3.05, 3.63) is 32.4 Å². The minimum Gasteiger partial charge on any atom is -0.487 e. The zero-order valence-corrected chi connectivity index (χ0v) is 10.9. The van der Waals surface area contributed by atoms with E-state index in [0.29, 0.717) is 5.56 Å². The van der Waals surface area contributed by atoms with Crippen molar-refractivity contribution in [2.45, 2.75) is 46.6 Å². The van der Waals surface area contributed by atoms with Crippen LogP contribution in [-0.4, -0.2) is 10.5 Å². The molecule has 0 bridgehead atoms. The first-order chi connectivity index (χ1) is 7.74. The molecule has 0 aromatic heterocycles. The highest BCUT2D eigenvalue weighted by Gasteiger charge is 2.36.